The largest absolute Gasteiger partial charge is 0.378 e. The van der Waals surface area contributed by atoms with E-state index < -0.39 is 31.1 Å². The fourth-order valence-corrected chi connectivity index (χ4v) is 0.284. The first-order chi connectivity index (χ1) is 6.81. The molecule has 0 saturated heterocycles. The highest BCUT2D eigenvalue weighted by Gasteiger charge is 2.38. The van der Waals surface area contributed by atoms with Crippen LogP contribution < -0.4 is 0 Å². The lowest BCUT2D eigenvalue weighted by Gasteiger charge is -2.13. The van der Waals surface area contributed by atoms with Gasteiger partial charge in [-0.05, 0) is 25.5 Å². The van der Waals surface area contributed by atoms with Gasteiger partial charge in [0.2, 0.25) is 0 Å². The van der Waals surface area contributed by atoms with Crippen LogP contribution in [0.5, 0.6) is 0 Å². The first-order valence-electron chi connectivity index (χ1n) is 6.01. The second-order valence-corrected chi connectivity index (χ2v) is 1.48. The summed E-state index contributed by atoms with van der Waals surface area (Å²) in [6.45, 7) is -3.24. The Kier molecular flexibility index (Phi) is 0.248. The lowest BCUT2D eigenvalue weighted by atomic mass is 10.0. The summed E-state index contributed by atoms with van der Waals surface area (Å²) in [7, 11) is 0. The van der Waals surface area contributed by atoms with Crippen molar-refractivity contribution in [3.8, 4) is 12.3 Å². The Morgan fingerprint density at radius 3 is 3.00 bits per heavy atom. The fourth-order valence-electron chi connectivity index (χ4n) is 0.284. The van der Waals surface area contributed by atoms with Gasteiger partial charge in [-0.15, -0.1) is 6.42 Å². The third kappa shape index (κ3) is 0.850. The van der Waals surface area contributed by atoms with Crippen molar-refractivity contribution in [3.05, 3.63) is 0 Å². The third-order valence-electron chi connectivity index (χ3n) is 0.821. The van der Waals surface area contributed by atoms with E-state index in [1.165, 1.54) is 5.92 Å². The predicted octanol–water partition coefficient (Wildman–Crippen LogP) is 0.781. The molecule has 44 valence electrons. The van der Waals surface area contributed by atoms with Gasteiger partial charge >= 0.3 is 0 Å². The molecule has 0 aromatic rings. The van der Waals surface area contributed by atoms with Crippen molar-refractivity contribution >= 4 is 0 Å². The zero-order chi connectivity index (χ0) is 13.2. The first-order valence-corrected chi connectivity index (χ1v) is 2.01. The van der Waals surface area contributed by atoms with Crippen molar-refractivity contribution in [2.45, 2.75) is 25.2 Å². The van der Waals surface area contributed by atoms with E-state index in [4.69, 9.17) is 17.4 Å². The van der Waals surface area contributed by atoms with Gasteiger partial charge in [-0.2, -0.15) is 0 Å². The van der Waals surface area contributed by atoms with Crippen LogP contribution in [0.25, 0.3) is 0 Å². The minimum Gasteiger partial charge on any atom is -0.378 e. The zero-order valence-corrected chi connectivity index (χ0v) is 4.02. The maximum absolute atomic E-state index is 9.76. The highest BCUT2D eigenvalue weighted by atomic mass is 16.3. The van der Waals surface area contributed by atoms with Gasteiger partial charge in [0.15, 0.2) is 0 Å². The van der Waals surface area contributed by atoms with E-state index in [1.807, 2.05) is 0 Å². The molecule has 0 radical (unpaired) electrons. The van der Waals surface area contributed by atoms with Crippen molar-refractivity contribution in [3.63, 3.8) is 0 Å². The Bertz CT molecular complexity index is 350. The summed E-state index contributed by atoms with van der Waals surface area (Å²) in [5.74, 6) is -1.44. The van der Waals surface area contributed by atoms with E-state index in [0.29, 0.717) is 0 Å². The van der Waals surface area contributed by atoms with Crippen molar-refractivity contribution in [2.24, 2.45) is 5.89 Å². The summed E-state index contributed by atoms with van der Waals surface area (Å²) >= 11 is 0. The average Bonchev–Trinajstić information content (AvgIpc) is 2.42. The molecule has 8 heavy (non-hydrogen) atoms. The Labute approximate surface area is 61.0 Å². The predicted molar refractivity (Wildman–Crippen MR) is 32.2 cm³/mol. The van der Waals surface area contributed by atoms with Crippen LogP contribution in [0, 0.1) is 18.2 Å². The molecule has 0 aromatic heterocycles. The van der Waals surface area contributed by atoms with Crippen molar-refractivity contribution in [1.29, 1.82) is 0 Å². The number of rotatable bonds is 1. The molecular formula is C7H10O. The Hall–Kier alpha value is -0.480. The number of terminal acetylenes is 1. The van der Waals surface area contributed by atoms with Crippen LogP contribution in [0.4, 0.5) is 0 Å². The molecule has 0 aromatic carbocycles. The molecule has 1 aliphatic carbocycles. The van der Waals surface area contributed by atoms with E-state index in [-0.39, 0.29) is 0 Å². The van der Waals surface area contributed by atoms with Crippen LogP contribution in [-0.4, -0.2) is 10.7 Å². The van der Waals surface area contributed by atoms with Gasteiger partial charge in [-0.1, -0.05) is 5.92 Å². The highest BCUT2D eigenvalue weighted by Crippen LogP contribution is 2.38. The zero-order valence-electron chi connectivity index (χ0n) is 12.0. The van der Waals surface area contributed by atoms with Gasteiger partial charge in [-0.25, -0.2) is 0 Å². The van der Waals surface area contributed by atoms with Gasteiger partial charge in [0.25, 0.3) is 0 Å². The maximum atomic E-state index is 9.76. The maximum Gasteiger partial charge on any atom is 0.125 e. The van der Waals surface area contributed by atoms with Crippen LogP contribution in [0.15, 0.2) is 0 Å². The van der Waals surface area contributed by atoms with Crippen LogP contribution in [0.2, 0.25) is 0 Å². The lowest BCUT2D eigenvalue weighted by Crippen LogP contribution is -2.23. The van der Waals surface area contributed by atoms with Crippen LogP contribution in [0.3, 0.4) is 0 Å². The van der Waals surface area contributed by atoms with Crippen LogP contribution in [0.1, 0.15) is 30.6 Å². The third-order valence-corrected chi connectivity index (χ3v) is 0.821. The summed E-state index contributed by atoms with van der Waals surface area (Å²) in [5.41, 5.74) is -3.16. The number of aliphatic hydroxyl groups is 1. The summed E-state index contributed by atoms with van der Waals surface area (Å²) in [6.07, 6.45) is -0.772. The molecule has 0 spiro atoms. The normalized spacial score (nSPS) is 59.0. The molecule has 1 N–H and O–H groups in total. The standard InChI is InChI=1S/C7H10O/c1-3-7(2,8)6-4-5-6/h1,6,8H,4-5H2,2H3/i2D3,4D2,5D2,6D. The molecule has 1 heteroatoms. The van der Waals surface area contributed by atoms with Crippen molar-refractivity contribution in [2.75, 3.05) is 0 Å². The molecule has 1 nitrogen and oxygen atoms in total. The highest BCUT2D eigenvalue weighted by molar-refractivity contribution is 5.11. The summed E-state index contributed by atoms with van der Waals surface area (Å²) in [6, 6.07) is 0. The van der Waals surface area contributed by atoms with Gasteiger partial charge in [-0.3, -0.25) is 0 Å². The monoisotopic (exact) mass is 118 g/mol. The quantitative estimate of drug-likeness (QED) is 0.504. The molecule has 1 fully saturated rings. The molecule has 1 unspecified atom stereocenters. The van der Waals surface area contributed by atoms with Crippen molar-refractivity contribution < 1.29 is 16.1 Å². The molecule has 0 heterocycles. The lowest BCUT2D eigenvalue weighted by molar-refractivity contribution is 0.0982. The van der Waals surface area contributed by atoms with E-state index in [9.17, 15) is 5.11 Å². The smallest absolute Gasteiger partial charge is 0.125 e. The minimum atomic E-state index is -3.24. The topological polar surface area (TPSA) is 20.2 Å². The summed E-state index contributed by atoms with van der Waals surface area (Å²) in [5, 5.41) is 9.76. The minimum absolute atomic E-state index is 1.46. The van der Waals surface area contributed by atoms with Gasteiger partial charge in [0, 0.05) is 11.0 Å². The molecular weight excluding hydrogens is 100 g/mol. The van der Waals surface area contributed by atoms with Gasteiger partial charge < -0.3 is 5.11 Å². The molecule has 0 amide bonds. The molecule has 0 bridgehead atoms. The fraction of sp³-hybridized carbons (Fsp3) is 0.714. The molecule has 1 aliphatic rings. The summed E-state index contributed by atoms with van der Waals surface area (Å²) < 4.78 is 57.6. The second-order valence-electron chi connectivity index (χ2n) is 1.48. The van der Waals surface area contributed by atoms with Gasteiger partial charge in [0.1, 0.15) is 5.60 Å². The first kappa shape index (κ1) is 1.33. The Balaban J connectivity index is 3.38. The van der Waals surface area contributed by atoms with Crippen molar-refractivity contribution in [1.82, 2.24) is 0 Å². The number of hydrogen-bond donors (Lipinski definition) is 1. The number of hydrogen-bond acceptors (Lipinski definition) is 1. The summed E-state index contributed by atoms with van der Waals surface area (Å²) in [4.78, 5) is 0. The van der Waals surface area contributed by atoms with Crippen LogP contribution >= 0.6 is 0 Å². The molecule has 1 atom stereocenters. The second kappa shape index (κ2) is 1.50. The van der Waals surface area contributed by atoms with Gasteiger partial charge in [0.05, 0.1) is 0 Å². The van der Waals surface area contributed by atoms with E-state index >= 15 is 0 Å². The van der Waals surface area contributed by atoms with E-state index in [1.54, 1.807) is 0 Å². The SMILES string of the molecule is [2H]C([2H])([2H])C(O)(C#C)C1([2H])C([2H])([2H])C1([2H])[2H]. The molecule has 1 rings (SSSR count). The van der Waals surface area contributed by atoms with E-state index in [2.05, 4.69) is 0 Å². The van der Waals surface area contributed by atoms with E-state index in [0.717, 1.165) is 0 Å². The van der Waals surface area contributed by atoms with Crippen LogP contribution in [-0.2, 0) is 0 Å². The Morgan fingerprint density at radius 2 is 2.88 bits per heavy atom. The average molecular weight is 118 g/mol. The molecule has 0 aliphatic heterocycles. The Morgan fingerprint density at radius 1 is 2.25 bits per heavy atom. The molecule has 1 saturated carbocycles.